The number of benzene rings is 1. The van der Waals surface area contributed by atoms with Gasteiger partial charge in [0, 0.05) is 12.4 Å². The van der Waals surface area contributed by atoms with Crippen LogP contribution in [-0.2, 0) is 6.42 Å². The van der Waals surface area contributed by atoms with E-state index in [9.17, 15) is 5.11 Å². The molecule has 2 nitrogen and oxygen atoms in total. The highest BCUT2D eigenvalue weighted by molar-refractivity contribution is 5.26. The van der Waals surface area contributed by atoms with E-state index < -0.39 is 6.10 Å². The minimum absolute atomic E-state index is 0.433. The Hall–Kier alpha value is -1.67. The molecule has 0 aliphatic heterocycles. The van der Waals surface area contributed by atoms with Gasteiger partial charge in [-0.15, -0.1) is 0 Å². The Balaban J connectivity index is 2.00. The summed E-state index contributed by atoms with van der Waals surface area (Å²) in [5, 5.41) is 10.2. The zero-order valence-corrected chi connectivity index (χ0v) is 10.9. The molecule has 0 radical (unpaired) electrons. The molecule has 1 N–H and O–H groups in total. The molecule has 2 aromatic rings. The number of aromatic nitrogens is 1. The first kappa shape index (κ1) is 12.8. The first-order valence-corrected chi connectivity index (χ1v) is 6.31. The maximum atomic E-state index is 10.2. The van der Waals surface area contributed by atoms with E-state index in [1.165, 1.54) is 11.1 Å². The van der Waals surface area contributed by atoms with Crippen LogP contribution in [0.4, 0.5) is 0 Å². The van der Waals surface area contributed by atoms with Gasteiger partial charge in [-0.05, 0) is 48.9 Å². The van der Waals surface area contributed by atoms with Gasteiger partial charge in [-0.1, -0.05) is 30.3 Å². The van der Waals surface area contributed by atoms with E-state index in [2.05, 4.69) is 24.0 Å². The van der Waals surface area contributed by atoms with Gasteiger partial charge in [-0.2, -0.15) is 0 Å². The van der Waals surface area contributed by atoms with Crippen LogP contribution in [0, 0.1) is 13.8 Å². The fourth-order valence-corrected chi connectivity index (χ4v) is 2.11. The number of aliphatic hydroxyl groups is 1. The topological polar surface area (TPSA) is 33.1 Å². The molecule has 0 bridgehead atoms. The zero-order chi connectivity index (χ0) is 13.0. The minimum Gasteiger partial charge on any atom is -0.388 e. The van der Waals surface area contributed by atoms with Crippen LogP contribution in [0.3, 0.4) is 0 Å². The normalized spacial score (nSPS) is 12.4. The number of pyridine rings is 1. The van der Waals surface area contributed by atoms with Crippen LogP contribution < -0.4 is 0 Å². The van der Waals surface area contributed by atoms with Crippen LogP contribution in [-0.4, -0.2) is 10.1 Å². The average Bonchev–Trinajstić information content (AvgIpc) is 2.37. The van der Waals surface area contributed by atoms with Gasteiger partial charge in [0.2, 0.25) is 0 Å². The molecule has 0 spiro atoms. The second-order valence-electron chi connectivity index (χ2n) is 4.78. The third-order valence-corrected chi connectivity index (χ3v) is 3.23. The SMILES string of the molecule is Cc1cncc(C(O)CCc2ccccc2C)c1. The predicted molar refractivity (Wildman–Crippen MR) is 73.4 cm³/mol. The highest BCUT2D eigenvalue weighted by Gasteiger charge is 2.09. The van der Waals surface area contributed by atoms with Crippen LogP contribution in [0.25, 0.3) is 0 Å². The van der Waals surface area contributed by atoms with E-state index >= 15 is 0 Å². The lowest BCUT2D eigenvalue weighted by Crippen LogP contribution is -2.01. The molecule has 18 heavy (non-hydrogen) atoms. The second kappa shape index (κ2) is 5.78. The number of hydrogen-bond donors (Lipinski definition) is 1. The molecule has 2 rings (SSSR count). The Kier molecular flexibility index (Phi) is 4.11. The molecule has 94 valence electrons. The van der Waals surface area contributed by atoms with Crippen molar-refractivity contribution in [3.8, 4) is 0 Å². The van der Waals surface area contributed by atoms with Crippen molar-refractivity contribution in [2.24, 2.45) is 0 Å². The summed E-state index contributed by atoms with van der Waals surface area (Å²) < 4.78 is 0. The molecule has 1 unspecified atom stereocenters. The molecule has 1 atom stereocenters. The summed E-state index contributed by atoms with van der Waals surface area (Å²) in [5.74, 6) is 0. The molecule has 0 aliphatic carbocycles. The minimum atomic E-state index is -0.433. The van der Waals surface area contributed by atoms with Crippen molar-refractivity contribution in [2.45, 2.75) is 32.8 Å². The molecule has 1 aromatic heterocycles. The molecule has 0 fully saturated rings. The van der Waals surface area contributed by atoms with Crippen LogP contribution >= 0.6 is 0 Å². The zero-order valence-electron chi connectivity index (χ0n) is 10.9. The van der Waals surface area contributed by atoms with Crippen LogP contribution in [0.5, 0.6) is 0 Å². The van der Waals surface area contributed by atoms with E-state index in [1.807, 2.05) is 25.1 Å². The van der Waals surface area contributed by atoms with Gasteiger partial charge in [0.15, 0.2) is 0 Å². The monoisotopic (exact) mass is 241 g/mol. The van der Waals surface area contributed by atoms with Crippen molar-refractivity contribution >= 4 is 0 Å². The fourth-order valence-electron chi connectivity index (χ4n) is 2.11. The summed E-state index contributed by atoms with van der Waals surface area (Å²) >= 11 is 0. The number of aryl methyl sites for hydroxylation is 3. The first-order chi connectivity index (χ1) is 8.66. The standard InChI is InChI=1S/C16H19NO/c1-12-9-15(11-17-10-12)16(18)8-7-14-6-4-3-5-13(14)2/h3-6,9-11,16,18H,7-8H2,1-2H3. The molecule has 1 heterocycles. The van der Waals surface area contributed by atoms with E-state index in [1.54, 1.807) is 12.4 Å². The summed E-state index contributed by atoms with van der Waals surface area (Å²) in [6, 6.07) is 10.3. The molecule has 2 heteroatoms. The number of nitrogens with zero attached hydrogens (tertiary/aromatic N) is 1. The quantitative estimate of drug-likeness (QED) is 0.890. The first-order valence-electron chi connectivity index (χ1n) is 6.31. The van der Waals surface area contributed by atoms with E-state index in [0.29, 0.717) is 0 Å². The third-order valence-electron chi connectivity index (χ3n) is 3.23. The lowest BCUT2D eigenvalue weighted by molar-refractivity contribution is 0.167. The lowest BCUT2D eigenvalue weighted by atomic mass is 9.99. The highest BCUT2D eigenvalue weighted by Crippen LogP contribution is 2.20. The van der Waals surface area contributed by atoms with Gasteiger partial charge < -0.3 is 5.11 Å². The van der Waals surface area contributed by atoms with E-state index in [-0.39, 0.29) is 0 Å². The van der Waals surface area contributed by atoms with Crippen LogP contribution in [0.15, 0.2) is 42.7 Å². The Bertz CT molecular complexity index is 522. The second-order valence-corrected chi connectivity index (χ2v) is 4.78. The molecular weight excluding hydrogens is 222 g/mol. The summed E-state index contributed by atoms with van der Waals surface area (Å²) in [6.45, 7) is 4.10. The van der Waals surface area contributed by atoms with Gasteiger partial charge >= 0.3 is 0 Å². The molecule has 0 amide bonds. The Morgan fingerprint density at radius 2 is 1.94 bits per heavy atom. The molecular formula is C16H19NO. The van der Waals surface area contributed by atoms with Gasteiger partial charge in [0.25, 0.3) is 0 Å². The van der Waals surface area contributed by atoms with Crippen molar-refractivity contribution in [2.75, 3.05) is 0 Å². The van der Waals surface area contributed by atoms with Crippen LogP contribution in [0.1, 0.15) is 34.8 Å². The smallest absolute Gasteiger partial charge is 0.0808 e. The van der Waals surface area contributed by atoms with Crippen molar-refractivity contribution in [1.29, 1.82) is 0 Å². The van der Waals surface area contributed by atoms with Crippen molar-refractivity contribution in [1.82, 2.24) is 4.98 Å². The summed E-state index contributed by atoms with van der Waals surface area (Å²) in [4.78, 5) is 4.12. The third kappa shape index (κ3) is 3.17. The fraction of sp³-hybridized carbons (Fsp3) is 0.312. The Morgan fingerprint density at radius 1 is 1.17 bits per heavy atom. The summed E-state index contributed by atoms with van der Waals surface area (Å²) in [7, 11) is 0. The Labute approximate surface area is 108 Å². The highest BCUT2D eigenvalue weighted by atomic mass is 16.3. The van der Waals surface area contributed by atoms with Crippen molar-refractivity contribution in [3.63, 3.8) is 0 Å². The van der Waals surface area contributed by atoms with E-state index in [0.717, 1.165) is 24.0 Å². The van der Waals surface area contributed by atoms with Gasteiger partial charge in [0.05, 0.1) is 6.10 Å². The van der Waals surface area contributed by atoms with Gasteiger partial charge in [0.1, 0.15) is 0 Å². The molecule has 1 aromatic carbocycles. The number of aliphatic hydroxyl groups excluding tert-OH is 1. The molecule has 0 saturated heterocycles. The van der Waals surface area contributed by atoms with Crippen LogP contribution in [0.2, 0.25) is 0 Å². The Morgan fingerprint density at radius 3 is 2.67 bits per heavy atom. The van der Waals surface area contributed by atoms with Crippen molar-refractivity contribution in [3.05, 3.63) is 65.0 Å². The largest absolute Gasteiger partial charge is 0.388 e. The maximum absolute atomic E-state index is 10.2. The average molecular weight is 241 g/mol. The summed E-state index contributed by atoms with van der Waals surface area (Å²) in [5.41, 5.74) is 4.58. The summed E-state index contributed by atoms with van der Waals surface area (Å²) in [6.07, 6.45) is 4.74. The number of hydrogen-bond acceptors (Lipinski definition) is 2. The number of rotatable bonds is 4. The van der Waals surface area contributed by atoms with Gasteiger partial charge in [-0.3, -0.25) is 4.98 Å². The van der Waals surface area contributed by atoms with E-state index in [4.69, 9.17) is 0 Å². The predicted octanol–water partition coefficient (Wildman–Crippen LogP) is 3.36. The van der Waals surface area contributed by atoms with Gasteiger partial charge in [-0.25, -0.2) is 0 Å². The maximum Gasteiger partial charge on any atom is 0.0808 e. The van der Waals surface area contributed by atoms with Crippen molar-refractivity contribution < 1.29 is 5.11 Å². The lowest BCUT2D eigenvalue weighted by Gasteiger charge is -2.12. The molecule has 0 saturated carbocycles. The molecule has 0 aliphatic rings.